The Morgan fingerprint density at radius 2 is 1.70 bits per heavy atom. The number of hydroxylamine groups is 2. The Hall–Kier alpha value is -1.30. The van der Waals surface area contributed by atoms with E-state index in [0.717, 1.165) is 0 Å². The Labute approximate surface area is 121 Å². The maximum atomic E-state index is 12.2. The van der Waals surface area contributed by atoms with Crippen LogP contribution in [0.25, 0.3) is 0 Å². The van der Waals surface area contributed by atoms with Gasteiger partial charge in [-0.25, -0.2) is 9.86 Å². The highest BCUT2D eigenvalue weighted by molar-refractivity contribution is 5.81. The van der Waals surface area contributed by atoms with E-state index in [2.05, 4.69) is 0 Å². The first-order valence-electron chi connectivity index (χ1n) is 6.89. The van der Waals surface area contributed by atoms with Crippen molar-refractivity contribution in [1.82, 2.24) is 9.96 Å². The minimum atomic E-state index is -0.496. The van der Waals surface area contributed by atoms with E-state index in [0.29, 0.717) is 25.9 Å². The van der Waals surface area contributed by atoms with Crippen LogP contribution in [0.2, 0.25) is 0 Å². The first-order valence-corrected chi connectivity index (χ1v) is 6.89. The van der Waals surface area contributed by atoms with Gasteiger partial charge in [0, 0.05) is 20.1 Å². The second-order valence-corrected chi connectivity index (χ2v) is 6.51. The standard InChI is InChI=1S/C14H26N2O4/c1-13(2,3)20-12(18)16-9-7-14(4,8-10-16)11(17)15(5)19-6/h7-10H2,1-6H3. The molecule has 0 aromatic carbocycles. The monoisotopic (exact) mass is 286 g/mol. The van der Waals surface area contributed by atoms with Crippen LogP contribution in [0.5, 0.6) is 0 Å². The van der Waals surface area contributed by atoms with Crippen LogP contribution in [0.1, 0.15) is 40.5 Å². The fourth-order valence-corrected chi connectivity index (χ4v) is 2.19. The van der Waals surface area contributed by atoms with Gasteiger partial charge in [0.25, 0.3) is 5.91 Å². The largest absolute Gasteiger partial charge is 0.444 e. The maximum absolute atomic E-state index is 12.2. The predicted octanol–water partition coefficient (Wildman–Crippen LogP) is 2.04. The molecule has 20 heavy (non-hydrogen) atoms. The molecule has 0 radical (unpaired) electrons. The molecule has 0 aromatic heterocycles. The lowest BCUT2D eigenvalue weighted by molar-refractivity contribution is -0.181. The number of hydrogen-bond donors (Lipinski definition) is 0. The van der Waals surface area contributed by atoms with Crippen LogP contribution >= 0.6 is 0 Å². The summed E-state index contributed by atoms with van der Waals surface area (Å²) in [6.45, 7) is 8.49. The number of nitrogens with zero attached hydrogens (tertiary/aromatic N) is 2. The maximum Gasteiger partial charge on any atom is 0.410 e. The summed E-state index contributed by atoms with van der Waals surface area (Å²) in [6, 6.07) is 0. The van der Waals surface area contributed by atoms with Crippen molar-refractivity contribution < 1.29 is 19.2 Å². The topological polar surface area (TPSA) is 59.1 Å². The first-order chi connectivity index (χ1) is 9.09. The number of ether oxygens (including phenoxy) is 1. The van der Waals surface area contributed by atoms with Crippen molar-refractivity contribution >= 4 is 12.0 Å². The van der Waals surface area contributed by atoms with E-state index in [1.54, 1.807) is 11.9 Å². The molecule has 1 heterocycles. The van der Waals surface area contributed by atoms with Gasteiger partial charge in [0.05, 0.1) is 12.5 Å². The average molecular weight is 286 g/mol. The Kier molecular flexibility index (Phi) is 5.02. The Bertz CT molecular complexity index is 368. The molecule has 1 aliphatic heterocycles. The number of piperidine rings is 1. The predicted molar refractivity (Wildman–Crippen MR) is 74.9 cm³/mol. The second-order valence-electron chi connectivity index (χ2n) is 6.51. The summed E-state index contributed by atoms with van der Waals surface area (Å²) in [4.78, 5) is 30.8. The Balaban J connectivity index is 2.59. The number of amides is 2. The van der Waals surface area contributed by atoms with Crippen LogP contribution < -0.4 is 0 Å². The molecule has 1 aliphatic rings. The van der Waals surface area contributed by atoms with E-state index in [1.807, 2.05) is 27.7 Å². The second kappa shape index (κ2) is 5.99. The molecule has 1 rings (SSSR count). The molecule has 0 aliphatic carbocycles. The minimum absolute atomic E-state index is 0.0520. The molecular weight excluding hydrogens is 260 g/mol. The SMILES string of the molecule is CON(C)C(=O)C1(C)CCN(C(=O)OC(C)(C)C)CC1. The lowest BCUT2D eigenvalue weighted by Crippen LogP contribution is -2.49. The average Bonchev–Trinajstić information content (AvgIpc) is 2.35. The Morgan fingerprint density at radius 3 is 2.10 bits per heavy atom. The van der Waals surface area contributed by atoms with Gasteiger partial charge in [-0.3, -0.25) is 9.63 Å². The van der Waals surface area contributed by atoms with Crippen LogP contribution in [0.3, 0.4) is 0 Å². The molecule has 2 amide bonds. The summed E-state index contributed by atoms with van der Waals surface area (Å²) < 4.78 is 5.34. The number of carbonyl (C=O) groups excluding carboxylic acids is 2. The zero-order valence-corrected chi connectivity index (χ0v) is 13.4. The molecule has 0 spiro atoms. The van der Waals surface area contributed by atoms with Gasteiger partial charge in [0.1, 0.15) is 5.60 Å². The number of likely N-dealkylation sites (tertiary alicyclic amines) is 1. The molecule has 0 atom stereocenters. The van der Waals surface area contributed by atoms with Crippen LogP contribution in [0.4, 0.5) is 4.79 Å². The summed E-state index contributed by atoms with van der Waals surface area (Å²) in [7, 11) is 3.07. The van der Waals surface area contributed by atoms with Crippen molar-refractivity contribution in [3.63, 3.8) is 0 Å². The summed E-state index contributed by atoms with van der Waals surface area (Å²) in [5.41, 5.74) is -0.979. The van der Waals surface area contributed by atoms with E-state index in [4.69, 9.17) is 9.57 Å². The molecule has 0 unspecified atom stereocenters. The third-order valence-corrected chi connectivity index (χ3v) is 3.59. The van der Waals surface area contributed by atoms with Crippen LogP contribution in [0.15, 0.2) is 0 Å². The van der Waals surface area contributed by atoms with Gasteiger partial charge < -0.3 is 9.64 Å². The Morgan fingerprint density at radius 1 is 1.20 bits per heavy atom. The summed E-state index contributed by atoms with van der Waals surface area (Å²) in [5, 5.41) is 1.25. The summed E-state index contributed by atoms with van der Waals surface area (Å²) in [5.74, 6) is -0.0520. The smallest absolute Gasteiger partial charge is 0.410 e. The molecule has 6 heteroatoms. The number of rotatable bonds is 2. The lowest BCUT2D eigenvalue weighted by atomic mass is 9.79. The zero-order chi connectivity index (χ0) is 15.6. The van der Waals surface area contributed by atoms with Gasteiger partial charge in [-0.1, -0.05) is 6.92 Å². The van der Waals surface area contributed by atoms with Crippen LogP contribution in [-0.2, 0) is 14.4 Å². The van der Waals surface area contributed by atoms with Crippen molar-refractivity contribution in [2.24, 2.45) is 5.41 Å². The molecule has 6 nitrogen and oxygen atoms in total. The van der Waals surface area contributed by atoms with E-state index in [-0.39, 0.29) is 12.0 Å². The highest BCUT2D eigenvalue weighted by atomic mass is 16.7. The van der Waals surface area contributed by atoms with Gasteiger partial charge in [0.15, 0.2) is 0 Å². The fourth-order valence-electron chi connectivity index (χ4n) is 2.19. The van der Waals surface area contributed by atoms with E-state index in [1.165, 1.54) is 12.2 Å². The summed E-state index contributed by atoms with van der Waals surface area (Å²) >= 11 is 0. The van der Waals surface area contributed by atoms with Crippen molar-refractivity contribution in [2.45, 2.75) is 46.1 Å². The zero-order valence-electron chi connectivity index (χ0n) is 13.4. The molecule has 1 saturated heterocycles. The summed E-state index contributed by atoms with van der Waals surface area (Å²) in [6.07, 6.45) is 0.907. The van der Waals surface area contributed by atoms with Crippen molar-refractivity contribution in [3.8, 4) is 0 Å². The molecule has 0 N–H and O–H groups in total. The van der Waals surface area contributed by atoms with Gasteiger partial charge in [-0.15, -0.1) is 0 Å². The molecule has 1 fully saturated rings. The van der Waals surface area contributed by atoms with Gasteiger partial charge in [0.2, 0.25) is 0 Å². The highest BCUT2D eigenvalue weighted by Gasteiger charge is 2.40. The molecule has 0 aromatic rings. The molecule has 0 saturated carbocycles. The quantitative estimate of drug-likeness (QED) is 0.729. The van der Waals surface area contributed by atoms with E-state index >= 15 is 0 Å². The third kappa shape index (κ3) is 4.10. The lowest BCUT2D eigenvalue weighted by Gasteiger charge is -2.39. The molecule has 116 valence electrons. The third-order valence-electron chi connectivity index (χ3n) is 3.59. The molecular formula is C14H26N2O4. The van der Waals surface area contributed by atoms with Gasteiger partial charge in [-0.2, -0.15) is 0 Å². The fraction of sp³-hybridized carbons (Fsp3) is 0.857. The van der Waals surface area contributed by atoms with Gasteiger partial charge >= 0.3 is 6.09 Å². The molecule has 0 bridgehead atoms. The van der Waals surface area contributed by atoms with E-state index in [9.17, 15) is 9.59 Å². The number of hydrogen-bond acceptors (Lipinski definition) is 4. The van der Waals surface area contributed by atoms with Crippen molar-refractivity contribution in [2.75, 3.05) is 27.2 Å². The first kappa shape index (κ1) is 16.8. The van der Waals surface area contributed by atoms with E-state index < -0.39 is 11.0 Å². The van der Waals surface area contributed by atoms with Crippen LogP contribution in [0, 0.1) is 5.41 Å². The van der Waals surface area contributed by atoms with Crippen LogP contribution in [-0.4, -0.2) is 54.8 Å². The van der Waals surface area contributed by atoms with Crippen molar-refractivity contribution in [3.05, 3.63) is 0 Å². The minimum Gasteiger partial charge on any atom is -0.444 e. The number of carbonyl (C=O) groups is 2. The highest BCUT2D eigenvalue weighted by Crippen LogP contribution is 2.33. The normalized spacial score (nSPS) is 18.6. The van der Waals surface area contributed by atoms with Crippen molar-refractivity contribution in [1.29, 1.82) is 0 Å². The van der Waals surface area contributed by atoms with Gasteiger partial charge in [-0.05, 0) is 33.6 Å².